The minimum atomic E-state index is -0.981. The van der Waals surface area contributed by atoms with Gasteiger partial charge in [-0.15, -0.1) is 11.3 Å². The van der Waals surface area contributed by atoms with Crippen molar-refractivity contribution in [2.75, 3.05) is 11.9 Å². The fourth-order valence-electron chi connectivity index (χ4n) is 3.28. The molecule has 1 N–H and O–H groups in total. The van der Waals surface area contributed by atoms with Crippen LogP contribution in [0.5, 0.6) is 0 Å². The first-order valence-electron chi connectivity index (χ1n) is 9.15. The molecule has 1 fully saturated rings. The lowest BCUT2D eigenvalue weighted by Gasteiger charge is -2.24. The molecule has 3 heterocycles. The molecule has 0 radical (unpaired) electrons. The molecule has 0 spiro atoms. The number of nitrogens with one attached hydrogen (secondary N) is 1. The largest absolute Gasteiger partial charge is 0.451 e. The Labute approximate surface area is 167 Å². The van der Waals surface area contributed by atoms with Crippen LogP contribution in [-0.4, -0.2) is 51.2 Å². The molecule has 1 aliphatic rings. The number of likely N-dealkylation sites (tertiary alicyclic amines) is 1. The predicted octanol–water partition coefficient (Wildman–Crippen LogP) is 2.27. The summed E-state index contributed by atoms with van der Waals surface area (Å²) in [5.41, 5.74) is 2.12. The van der Waals surface area contributed by atoms with E-state index in [0.717, 1.165) is 12.1 Å². The SMILES string of the molecule is Cc1nn(C)c(C)c1NC(=O)[C@H](C)OC(=O)[C@@H]1CCCN1C(=O)c1cccs1. The third-order valence-corrected chi connectivity index (χ3v) is 5.79. The maximum Gasteiger partial charge on any atom is 0.329 e. The highest BCUT2D eigenvalue weighted by Crippen LogP contribution is 2.24. The van der Waals surface area contributed by atoms with Crippen LogP contribution >= 0.6 is 11.3 Å². The van der Waals surface area contributed by atoms with Gasteiger partial charge >= 0.3 is 5.97 Å². The van der Waals surface area contributed by atoms with Gasteiger partial charge in [0.15, 0.2) is 6.10 Å². The maximum atomic E-state index is 12.6. The number of aromatic nitrogens is 2. The van der Waals surface area contributed by atoms with E-state index in [1.54, 1.807) is 30.8 Å². The van der Waals surface area contributed by atoms with Crippen LogP contribution in [-0.2, 0) is 21.4 Å². The summed E-state index contributed by atoms with van der Waals surface area (Å²) in [5, 5.41) is 8.85. The molecule has 0 aromatic carbocycles. The molecular formula is C19H24N4O4S. The van der Waals surface area contributed by atoms with Crippen molar-refractivity contribution in [1.82, 2.24) is 14.7 Å². The second kappa shape index (κ2) is 8.14. The molecule has 2 aromatic rings. The van der Waals surface area contributed by atoms with E-state index in [1.807, 2.05) is 12.3 Å². The average Bonchev–Trinajstić information content (AvgIpc) is 3.39. The number of anilines is 1. The van der Waals surface area contributed by atoms with Gasteiger partial charge in [-0.05, 0) is 45.1 Å². The zero-order valence-corrected chi connectivity index (χ0v) is 17.2. The van der Waals surface area contributed by atoms with Crippen LogP contribution < -0.4 is 5.32 Å². The van der Waals surface area contributed by atoms with Crippen molar-refractivity contribution in [3.8, 4) is 0 Å². The molecule has 150 valence electrons. The van der Waals surface area contributed by atoms with Crippen LogP contribution in [0.2, 0.25) is 0 Å². The van der Waals surface area contributed by atoms with Crippen LogP contribution in [0.3, 0.4) is 0 Å². The van der Waals surface area contributed by atoms with Crippen molar-refractivity contribution in [2.24, 2.45) is 7.05 Å². The Hall–Kier alpha value is -2.68. The van der Waals surface area contributed by atoms with Gasteiger partial charge in [-0.3, -0.25) is 14.3 Å². The normalized spacial score (nSPS) is 17.4. The molecule has 8 nitrogen and oxygen atoms in total. The summed E-state index contributed by atoms with van der Waals surface area (Å²) in [7, 11) is 1.79. The highest BCUT2D eigenvalue weighted by molar-refractivity contribution is 7.12. The van der Waals surface area contributed by atoms with Gasteiger partial charge in [-0.25, -0.2) is 4.79 Å². The van der Waals surface area contributed by atoms with Crippen molar-refractivity contribution in [3.63, 3.8) is 0 Å². The molecule has 0 aliphatic carbocycles. The topological polar surface area (TPSA) is 93.5 Å². The standard InChI is InChI=1S/C19H24N4O4S/c1-11-16(12(2)22(4)21-11)20-17(24)13(3)27-19(26)14-7-5-9-23(14)18(25)15-8-6-10-28-15/h6,8,10,13-14H,5,7,9H2,1-4H3,(H,20,24)/t13-,14-/m0/s1. The lowest BCUT2D eigenvalue weighted by Crippen LogP contribution is -2.43. The summed E-state index contributed by atoms with van der Waals surface area (Å²) in [5.74, 6) is -1.15. The quantitative estimate of drug-likeness (QED) is 0.772. The highest BCUT2D eigenvalue weighted by atomic mass is 32.1. The Morgan fingerprint density at radius 1 is 1.36 bits per heavy atom. The summed E-state index contributed by atoms with van der Waals surface area (Å²) in [6.07, 6.45) is 0.280. The first kappa shape index (κ1) is 20.1. The summed E-state index contributed by atoms with van der Waals surface area (Å²) in [6.45, 7) is 5.67. The summed E-state index contributed by atoms with van der Waals surface area (Å²) >= 11 is 1.34. The Balaban J connectivity index is 1.63. The number of thiophene rings is 1. The zero-order valence-electron chi connectivity index (χ0n) is 16.4. The van der Waals surface area contributed by atoms with Crippen molar-refractivity contribution in [2.45, 2.75) is 45.8 Å². The molecule has 2 aromatic heterocycles. The fraction of sp³-hybridized carbons (Fsp3) is 0.474. The van der Waals surface area contributed by atoms with Gasteiger partial charge < -0.3 is 15.0 Å². The van der Waals surface area contributed by atoms with Crippen LogP contribution in [0.25, 0.3) is 0 Å². The van der Waals surface area contributed by atoms with Crippen LogP contribution in [0.1, 0.15) is 40.8 Å². The third kappa shape index (κ3) is 3.94. The molecule has 28 heavy (non-hydrogen) atoms. The Morgan fingerprint density at radius 3 is 2.71 bits per heavy atom. The lowest BCUT2D eigenvalue weighted by atomic mass is 10.2. The lowest BCUT2D eigenvalue weighted by molar-refractivity contribution is -0.156. The molecule has 1 saturated heterocycles. The van der Waals surface area contributed by atoms with Crippen molar-refractivity contribution < 1.29 is 19.1 Å². The number of nitrogens with zero attached hydrogens (tertiary/aromatic N) is 3. The summed E-state index contributed by atoms with van der Waals surface area (Å²) in [4.78, 5) is 39.8. The number of aryl methyl sites for hydroxylation is 2. The first-order valence-corrected chi connectivity index (χ1v) is 10.0. The van der Waals surface area contributed by atoms with E-state index >= 15 is 0 Å². The number of rotatable bonds is 5. The second-order valence-electron chi connectivity index (χ2n) is 6.87. The third-order valence-electron chi connectivity index (χ3n) is 4.94. The molecule has 1 aliphatic heterocycles. The van der Waals surface area contributed by atoms with Gasteiger partial charge in [-0.1, -0.05) is 6.07 Å². The number of hydrogen-bond acceptors (Lipinski definition) is 6. The molecule has 9 heteroatoms. The Bertz CT molecular complexity index is 890. The van der Waals surface area contributed by atoms with E-state index in [4.69, 9.17) is 4.74 Å². The van der Waals surface area contributed by atoms with Crippen molar-refractivity contribution in [1.29, 1.82) is 0 Å². The van der Waals surface area contributed by atoms with E-state index in [2.05, 4.69) is 10.4 Å². The van der Waals surface area contributed by atoms with Crippen molar-refractivity contribution in [3.05, 3.63) is 33.8 Å². The highest BCUT2D eigenvalue weighted by Gasteiger charge is 2.37. The summed E-state index contributed by atoms with van der Waals surface area (Å²) in [6, 6.07) is 2.88. The van der Waals surface area contributed by atoms with Gasteiger partial charge in [0.05, 0.1) is 22.0 Å². The average molecular weight is 404 g/mol. The number of esters is 1. The van der Waals surface area contributed by atoms with Crippen LogP contribution in [0.4, 0.5) is 5.69 Å². The molecule has 2 atom stereocenters. The van der Waals surface area contributed by atoms with Crippen LogP contribution in [0.15, 0.2) is 17.5 Å². The smallest absolute Gasteiger partial charge is 0.329 e. The number of amides is 2. The van der Waals surface area contributed by atoms with Gasteiger partial charge in [-0.2, -0.15) is 5.10 Å². The van der Waals surface area contributed by atoms with Gasteiger partial charge in [0.25, 0.3) is 11.8 Å². The number of hydrogen-bond donors (Lipinski definition) is 1. The first-order chi connectivity index (χ1) is 13.3. The van der Waals surface area contributed by atoms with E-state index in [1.165, 1.54) is 23.2 Å². The Kier molecular flexibility index (Phi) is 5.83. The van der Waals surface area contributed by atoms with E-state index in [0.29, 0.717) is 29.2 Å². The number of carbonyl (C=O) groups excluding carboxylic acids is 3. The molecule has 3 rings (SSSR count). The number of ether oxygens (including phenoxy) is 1. The monoisotopic (exact) mass is 404 g/mol. The van der Waals surface area contributed by atoms with Gasteiger partial charge in [0.1, 0.15) is 6.04 Å². The maximum absolute atomic E-state index is 12.6. The van der Waals surface area contributed by atoms with Gasteiger partial charge in [0, 0.05) is 13.6 Å². The van der Waals surface area contributed by atoms with E-state index < -0.39 is 24.0 Å². The minimum Gasteiger partial charge on any atom is -0.451 e. The van der Waals surface area contributed by atoms with Crippen molar-refractivity contribution >= 4 is 34.8 Å². The summed E-state index contributed by atoms with van der Waals surface area (Å²) < 4.78 is 7.06. The Morgan fingerprint density at radius 2 is 2.11 bits per heavy atom. The zero-order chi connectivity index (χ0) is 20.4. The second-order valence-corrected chi connectivity index (χ2v) is 7.82. The molecular weight excluding hydrogens is 380 g/mol. The molecule has 0 bridgehead atoms. The predicted molar refractivity (Wildman–Crippen MR) is 105 cm³/mol. The van der Waals surface area contributed by atoms with Gasteiger partial charge in [0.2, 0.25) is 0 Å². The fourth-order valence-corrected chi connectivity index (χ4v) is 3.96. The van der Waals surface area contributed by atoms with E-state index in [9.17, 15) is 14.4 Å². The number of carbonyl (C=O) groups is 3. The minimum absolute atomic E-state index is 0.173. The molecule has 0 unspecified atom stereocenters. The van der Waals surface area contributed by atoms with Crippen LogP contribution in [0, 0.1) is 13.8 Å². The van der Waals surface area contributed by atoms with E-state index in [-0.39, 0.29) is 5.91 Å². The molecule has 0 saturated carbocycles. The molecule has 2 amide bonds.